The van der Waals surface area contributed by atoms with Gasteiger partial charge in [-0.25, -0.2) is 4.79 Å². The maximum Gasteiger partial charge on any atom is 0.330 e. The van der Waals surface area contributed by atoms with E-state index in [1.54, 1.807) is 0 Å². The molecule has 5 heterocycles. The van der Waals surface area contributed by atoms with Crippen molar-refractivity contribution in [3.05, 3.63) is 12.2 Å². The van der Waals surface area contributed by atoms with E-state index in [1.165, 1.54) is 6.08 Å². The van der Waals surface area contributed by atoms with Gasteiger partial charge in [0.05, 0.1) is 62.4 Å². The van der Waals surface area contributed by atoms with Crippen LogP contribution in [0, 0.1) is 17.8 Å². The summed E-state index contributed by atoms with van der Waals surface area (Å²) >= 11 is 0. The van der Waals surface area contributed by atoms with Gasteiger partial charge in [-0.1, -0.05) is 6.08 Å². The molecule has 5 saturated heterocycles. The Balaban J connectivity index is 0.991. The summed E-state index contributed by atoms with van der Waals surface area (Å²) in [4.78, 5) is 13.2. The molecule has 12 unspecified atom stereocenters. The third kappa shape index (κ3) is 13.6. The number of hydrogen-bond donors (Lipinski definition) is 18. The van der Waals surface area contributed by atoms with Crippen molar-refractivity contribution in [2.45, 2.75) is 236 Å². The van der Waals surface area contributed by atoms with Crippen molar-refractivity contribution < 1.29 is 144 Å². The highest BCUT2D eigenvalue weighted by molar-refractivity contribution is 5.81. The maximum absolute atomic E-state index is 13.2. The summed E-state index contributed by atoms with van der Waals surface area (Å²) in [6, 6.07) is 0. The van der Waals surface area contributed by atoms with Crippen molar-refractivity contribution >= 4 is 5.97 Å². The van der Waals surface area contributed by atoms with Gasteiger partial charge in [0.15, 0.2) is 37.4 Å². The zero-order chi connectivity index (χ0) is 55.7. The average molecular weight is 1120 g/mol. The molecule has 8 rings (SSSR count). The van der Waals surface area contributed by atoms with Crippen molar-refractivity contribution in [3.8, 4) is 0 Å². The Morgan fingerprint density at radius 3 is 1.53 bits per heavy atom. The maximum atomic E-state index is 13.2. The van der Waals surface area contributed by atoms with Crippen LogP contribution in [0.1, 0.15) is 57.8 Å². The van der Waals surface area contributed by atoms with Crippen molar-refractivity contribution in [1.29, 1.82) is 0 Å². The first-order valence-corrected chi connectivity index (χ1v) is 26.4. The molecule has 0 aromatic rings. The quantitative estimate of drug-likeness (QED) is 0.0388. The first-order chi connectivity index (χ1) is 36.6. The van der Waals surface area contributed by atoms with Gasteiger partial charge < -0.3 is 139 Å². The van der Waals surface area contributed by atoms with E-state index in [1.807, 2.05) is 0 Å². The van der Waals surface area contributed by atoms with E-state index >= 15 is 0 Å². The highest BCUT2D eigenvalue weighted by Crippen LogP contribution is 2.44. The summed E-state index contributed by atoms with van der Waals surface area (Å²) in [5.41, 5.74) is 0. The Bertz CT molecular complexity index is 1890. The second-order valence-corrected chi connectivity index (χ2v) is 21.8. The van der Waals surface area contributed by atoms with Gasteiger partial charge >= 0.3 is 5.97 Å². The zero-order valence-corrected chi connectivity index (χ0v) is 41.9. The molecule has 444 valence electrons. The minimum Gasteiger partial charge on any atom is -0.460 e. The van der Waals surface area contributed by atoms with Gasteiger partial charge in [0.1, 0.15) is 110 Å². The molecule has 8 aliphatic rings. The molecule has 29 nitrogen and oxygen atoms in total. The van der Waals surface area contributed by atoms with E-state index in [4.69, 9.17) is 47.4 Å². The van der Waals surface area contributed by atoms with Gasteiger partial charge in [0.25, 0.3) is 0 Å². The summed E-state index contributed by atoms with van der Waals surface area (Å²) in [6.07, 6.45) is -39.3. The van der Waals surface area contributed by atoms with Crippen LogP contribution in [0.3, 0.4) is 0 Å². The number of ether oxygens (including phenoxy) is 10. The lowest BCUT2D eigenvalue weighted by atomic mass is 9.72. The predicted octanol–water partition coefficient (Wildman–Crippen LogP) is -9.40. The summed E-state index contributed by atoms with van der Waals surface area (Å²) in [5, 5.41) is 191. The normalized spacial score (nSPS) is 52.0. The smallest absolute Gasteiger partial charge is 0.330 e. The van der Waals surface area contributed by atoms with Crippen LogP contribution in [0.2, 0.25) is 0 Å². The Kier molecular flexibility index (Phi) is 21.1. The summed E-state index contributed by atoms with van der Waals surface area (Å²) in [7, 11) is 0. The van der Waals surface area contributed by atoms with Gasteiger partial charge in [-0.3, -0.25) is 0 Å². The average Bonchev–Trinajstić information content (AvgIpc) is 3.41. The molecule has 0 bridgehead atoms. The van der Waals surface area contributed by atoms with Gasteiger partial charge in [0.2, 0.25) is 0 Å². The Labute approximate surface area is 441 Å². The SMILES string of the molecule is O=C(C=CC1CCC(O[C@@H]2O[C@H](CO)[C@@H](O)[C@H](O)[C@H]2O)C(O)C1)OC[C@H]1O[C@@H](OC2CC3C(O[C@@H]4O[C@H](CO)[C@@H](O)[C@H](O)[C@H]4O)CC(O)CC3[OH+]C2C2CCC(O)C(O)C2)[C@H](O[C@@H]2O[C@H](CO)[C@@H](O)[C@H](O)[C@H]2O)[C@@H](O)[C@@H]1O. The fourth-order valence-electron chi connectivity index (χ4n) is 12.1. The largest absolute Gasteiger partial charge is 0.460 e. The molecule has 77 heavy (non-hydrogen) atoms. The molecule has 0 spiro atoms. The standard InChI is InChI=1S/C48H78O29/c49-12-27-32(57)36(61)40(65)45(73-27)70-23-5-1-16(7-22(23)55)2-6-31(56)68-15-30-35(60)39(64)44(77-47-42(67)38(63)34(59)29(14-51)75-47)48(76-30)72-26-11-19-24(69-43(26)17-3-4-20(53)21(54)8-17)9-18(52)10-25(19)71-46-41(66)37(62)33(58)28(13-50)74-46/h2,6,16-30,32-55,57-67H,1,3-5,7-15H2/p+1/t16?,17?,18?,19?,20?,21?,22?,23?,24?,25?,26?,27-,28-,29-,30-,32-,33-,34-,35-,36+,37+,38+,39+,40-,41-,42-,43?,44-,45-,46-,47+,48-/m1/s1. The minimum atomic E-state index is -2.02. The number of carbonyl (C=O) groups excluding carboxylic acids is 1. The Hall–Kier alpha value is -1.87. The van der Waals surface area contributed by atoms with E-state index in [0.29, 0.717) is 12.8 Å². The molecule has 32 atom stereocenters. The molecule has 3 aliphatic carbocycles. The van der Waals surface area contributed by atoms with Crippen molar-refractivity contribution in [1.82, 2.24) is 0 Å². The second-order valence-electron chi connectivity index (χ2n) is 21.8. The van der Waals surface area contributed by atoms with Gasteiger partial charge in [-0.2, -0.15) is 0 Å². The van der Waals surface area contributed by atoms with Crippen LogP contribution in [0.5, 0.6) is 0 Å². The van der Waals surface area contributed by atoms with Crippen LogP contribution in [0.25, 0.3) is 0 Å². The fraction of sp³-hybridized carbons (Fsp3) is 0.938. The first kappa shape index (κ1) is 61.2. The molecule has 0 aromatic carbocycles. The highest BCUT2D eigenvalue weighted by atomic mass is 16.8. The van der Waals surface area contributed by atoms with Crippen LogP contribution in [-0.4, -0.2) is 307 Å². The van der Waals surface area contributed by atoms with Crippen molar-refractivity contribution in [3.63, 3.8) is 0 Å². The number of allylic oxidation sites excluding steroid dienone is 1. The second kappa shape index (κ2) is 26.6. The zero-order valence-electron chi connectivity index (χ0n) is 41.9. The van der Waals surface area contributed by atoms with Crippen molar-refractivity contribution in [2.75, 3.05) is 26.4 Å². The summed E-state index contributed by atoms with van der Waals surface area (Å²) in [6.45, 7) is -2.99. The minimum absolute atomic E-state index is 0.00496. The molecule has 3 saturated carbocycles. The van der Waals surface area contributed by atoms with Crippen LogP contribution < -0.4 is 0 Å². The monoisotopic (exact) mass is 1120 g/mol. The van der Waals surface area contributed by atoms with Gasteiger partial charge in [-0.05, 0) is 50.9 Å². The topological polar surface area (TPSA) is 477 Å². The molecular formula is C48H79O29+. The lowest BCUT2D eigenvalue weighted by Gasteiger charge is -2.50. The lowest BCUT2D eigenvalue weighted by molar-refractivity contribution is -0.390. The first-order valence-electron chi connectivity index (χ1n) is 26.4. The molecule has 19 N–H and O–H groups in total. The number of aliphatic hydroxyl groups excluding tert-OH is 18. The number of esters is 1. The number of hydrogen-bond acceptors (Lipinski definition) is 28. The molecular weight excluding hydrogens is 1040 g/mol. The number of rotatable bonds is 16. The van der Waals surface area contributed by atoms with Crippen LogP contribution in [-0.2, 0) is 47.4 Å². The third-order valence-corrected chi connectivity index (χ3v) is 16.6. The molecule has 0 amide bonds. The van der Waals surface area contributed by atoms with E-state index in [9.17, 15) is 96.7 Å². The van der Waals surface area contributed by atoms with E-state index in [-0.39, 0.29) is 44.9 Å². The lowest BCUT2D eigenvalue weighted by Crippen LogP contribution is -2.66. The van der Waals surface area contributed by atoms with Gasteiger partial charge in [-0.15, -0.1) is 0 Å². The fourth-order valence-corrected chi connectivity index (χ4v) is 12.1. The van der Waals surface area contributed by atoms with Crippen LogP contribution >= 0.6 is 0 Å². The molecule has 0 radical (unpaired) electrons. The van der Waals surface area contributed by atoms with E-state index in [0.717, 1.165) is 6.08 Å². The Morgan fingerprint density at radius 1 is 0.468 bits per heavy atom. The van der Waals surface area contributed by atoms with E-state index in [2.05, 4.69) is 0 Å². The number of carbonyl (C=O) groups is 1. The summed E-state index contributed by atoms with van der Waals surface area (Å²) in [5.74, 6) is -2.51. The molecule has 5 aliphatic heterocycles. The molecule has 29 heteroatoms. The Morgan fingerprint density at radius 2 is 0.987 bits per heavy atom. The predicted molar refractivity (Wildman–Crippen MR) is 247 cm³/mol. The number of aliphatic hydroxyl groups is 20. The molecule has 8 fully saturated rings. The summed E-state index contributed by atoms with van der Waals surface area (Å²) < 4.78 is 58.2. The third-order valence-electron chi connectivity index (χ3n) is 16.6. The molecule has 0 aromatic heterocycles. The van der Waals surface area contributed by atoms with Gasteiger partial charge in [0, 0.05) is 24.8 Å². The van der Waals surface area contributed by atoms with Crippen LogP contribution in [0.15, 0.2) is 12.2 Å². The van der Waals surface area contributed by atoms with E-state index < -0.39 is 228 Å². The highest BCUT2D eigenvalue weighted by Gasteiger charge is 2.58. The van der Waals surface area contributed by atoms with Crippen molar-refractivity contribution in [2.24, 2.45) is 17.8 Å². The van der Waals surface area contributed by atoms with Crippen LogP contribution in [0.4, 0.5) is 0 Å². The number of fused-ring (bicyclic) bond motifs is 1.